The molecule has 1 N–H and O–H groups in total. The summed E-state index contributed by atoms with van der Waals surface area (Å²) in [7, 11) is -3.70. The zero-order chi connectivity index (χ0) is 24.0. The van der Waals surface area contributed by atoms with Gasteiger partial charge in [-0.05, 0) is 61.0 Å². The molecule has 0 saturated carbocycles. The molecule has 0 fully saturated rings. The van der Waals surface area contributed by atoms with E-state index in [2.05, 4.69) is 5.32 Å². The molecule has 0 radical (unpaired) electrons. The first kappa shape index (κ1) is 24.5. The van der Waals surface area contributed by atoms with Crippen molar-refractivity contribution in [2.75, 3.05) is 17.2 Å². The molecule has 9 heteroatoms. The molecule has 3 rings (SSSR count). The normalized spacial score (nSPS) is 11.2. The summed E-state index contributed by atoms with van der Waals surface area (Å²) in [6.45, 7) is 2.32. The van der Waals surface area contributed by atoms with Gasteiger partial charge in [0.2, 0.25) is 10.0 Å². The van der Waals surface area contributed by atoms with Gasteiger partial charge in [0.1, 0.15) is 11.6 Å². The predicted octanol–water partition coefficient (Wildman–Crippen LogP) is 4.77. The summed E-state index contributed by atoms with van der Waals surface area (Å²) in [4.78, 5) is 12.8. The highest BCUT2D eigenvalue weighted by molar-refractivity contribution is 7.92. The second-order valence-corrected chi connectivity index (χ2v) is 9.59. The first-order valence-corrected chi connectivity index (χ1v) is 12.4. The number of nitrogens with zero attached hydrogens (tertiary/aromatic N) is 1. The highest BCUT2D eigenvalue weighted by atomic mass is 35.5. The number of hydrogen-bond donors (Lipinski definition) is 1. The van der Waals surface area contributed by atoms with Crippen LogP contribution in [0.3, 0.4) is 0 Å². The van der Waals surface area contributed by atoms with Crippen LogP contribution in [0.1, 0.15) is 28.4 Å². The van der Waals surface area contributed by atoms with Crippen molar-refractivity contribution in [2.24, 2.45) is 0 Å². The Morgan fingerprint density at radius 1 is 1.06 bits per heavy atom. The number of carbonyl (C=O) groups excluding carboxylic acids is 1. The summed E-state index contributed by atoms with van der Waals surface area (Å²) in [5, 5.41) is 3.37. The Labute approximate surface area is 198 Å². The Balaban J connectivity index is 1.89. The Morgan fingerprint density at radius 2 is 1.76 bits per heavy atom. The highest BCUT2D eigenvalue weighted by Crippen LogP contribution is 2.27. The van der Waals surface area contributed by atoms with Gasteiger partial charge in [-0.15, -0.1) is 0 Å². The van der Waals surface area contributed by atoms with Crippen molar-refractivity contribution in [1.29, 1.82) is 0 Å². The molecule has 6 nitrogen and oxygen atoms in total. The molecule has 0 heterocycles. The number of benzene rings is 3. The third-order valence-corrected chi connectivity index (χ3v) is 6.36. The van der Waals surface area contributed by atoms with Gasteiger partial charge in [-0.3, -0.25) is 9.10 Å². The van der Waals surface area contributed by atoms with Gasteiger partial charge in [0.05, 0.1) is 25.1 Å². The minimum Gasteiger partial charge on any atom is -0.494 e. The fourth-order valence-corrected chi connectivity index (χ4v) is 4.30. The molecule has 3 aromatic rings. The Hall–Kier alpha value is -3.10. The average molecular weight is 491 g/mol. The average Bonchev–Trinajstić information content (AvgIpc) is 2.78. The van der Waals surface area contributed by atoms with Gasteiger partial charge in [0.25, 0.3) is 5.91 Å². The van der Waals surface area contributed by atoms with Crippen LogP contribution in [0.4, 0.5) is 10.1 Å². The van der Waals surface area contributed by atoms with Crippen LogP contribution >= 0.6 is 11.6 Å². The largest absolute Gasteiger partial charge is 0.494 e. The molecule has 0 aliphatic carbocycles. The second kappa shape index (κ2) is 10.7. The molecular weight excluding hydrogens is 467 g/mol. The molecule has 0 aliphatic rings. The van der Waals surface area contributed by atoms with Crippen LogP contribution in [0.15, 0.2) is 66.7 Å². The van der Waals surface area contributed by atoms with Crippen molar-refractivity contribution < 1.29 is 22.3 Å². The summed E-state index contributed by atoms with van der Waals surface area (Å²) in [5.74, 6) is -0.359. The Kier molecular flexibility index (Phi) is 7.94. The van der Waals surface area contributed by atoms with Crippen LogP contribution in [0, 0.1) is 5.82 Å². The zero-order valence-electron chi connectivity index (χ0n) is 18.2. The second-order valence-electron chi connectivity index (χ2n) is 7.28. The quantitative estimate of drug-likeness (QED) is 0.468. The number of ether oxygens (including phenoxy) is 1. The van der Waals surface area contributed by atoms with E-state index < -0.39 is 15.8 Å². The van der Waals surface area contributed by atoms with Gasteiger partial charge >= 0.3 is 0 Å². The first-order chi connectivity index (χ1) is 15.7. The molecule has 1 amide bonds. The van der Waals surface area contributed by atoms with Crippen molar-refractivity contribution >= 4 is 33.2 Å². The lowest BCUT2D eigenvalue weighted by atomic mass is 10.1. The van der Waals surface area contributed by atoms with Crippen LogP contribution in [0.25, 0.3) is 0 Å². The molecule has 0 atom stereocenters. The van der Waals surface area contributed by atoms with Gasteiger partial charge < -0.3 is 10.1 Å². The number of carbonyl (C=O) groups is 1. The van der Waals surface area contributed by atoms with Crippen molar-refractivity contribution in [1.82, 2.24) is 5.32 Å². The standard InChI is InChI=1S/C24H24ClFN2O4S/c1-3-32-23-13-8-17(24(29)27-15-18-6-4-5-7-22(18)25)14-19(23)16-28(33(2,30)31)21-11-9-20(26)10-12-21/h4-14H,3,15-16H2,1-2H3,(H,27,29). The topological polar surface area (TPSA) is 75.7 Å². The summed E-state index contributed by atoms with van der Waals surface area (Å²) in [6.07, 6.45) is 1.07. The maximum absolute atomic E-state index is 13.4. The summed E-state index contributed by atoms with van der Waals surface area (Å²) >= 11 is 6.15. The van der Waals surface area contributed by atoms with Crippen LogP contribution in [0.2, 0.25) is 5.02 Å². The van der Waals surface area contributed by atoms with E-state index in [4.69, 9.17) is 16.3 Å². The molecule has 3 aromatic carbocycles. The van der Waals surface area contributed by atoms with Crippen molar-refractivity contribution in [3.63, 3.8) is 0 Å². The number of halogens is 2. The third-order valence-electron chi connectivity index (χ3n) is 4.85. The number of sulfonamides is 1. The van der Waals surface area contributed by atoms with E-state index in [9.17, 15) is 17.6 Å². The minimum atomic E-state index is -3.70. The lowest BCUT2D eigenvalue weighted by molar-refractivity contribution is 0.0950. The predicted molar refractivity (Wildman–Crippen MR) is 128 cm³/mol. The van der Waals surface area contributed by atoms with E-state index in [1.54, 1.807) is 30.3 Å². The molecule has 0 aromatic heterocycles. The molecule has 0 saturated heterocycles. The van der Waals surface area contributed by atoms with E-state index in [1.165, 1.54) is 24.3 Å². The number of nitrogens with one attached hydrogen (secondary N) is 1. The van der Waals surface area contributed by atoms with Crippen LogP contribution < -0.4 is 14.4 Å². The Bertz CT molecular complexity index is 1230. The van der Waals surface area contributed by atoms with Crippen LogP contribution in [-0.2, 0) is 23.1 Å². The molecule has 0 unspecified atom stereocenters. The molecule has 0 bridgehead atoms. The van der Waals surface area contributed by atoms with E-state index in [-0.39, 0.29) is 19.0 Å². The third kappa shape index (κ3) is 6.46. The summed E-state index contributed by atoms with van der Waals surface area (Å²) in [5.41, 5.74) is 1.92. The number of hydrogen-bond acceptors (Lipinski definition) is 4. The number of rotatable bonds is 9. The van der Waals surface area contributed by atoms with Crippen molar-refractivity contribution in [3.8, 4) is 5.75 Å². The van der Waals surface area contributed by atoms with Gasteiger partial charge in [-0.25, -0.2) is 12.8 Å². The van der Waals surface area contributed by atoms with E-state index in [0.29, 0.717) is 34.2 Å². The van der Waals surface area contributed by atoms with Gasteiger partial charge in [0.15, 0.2) is 0 Å². The van der Waals surface area contributed by atoms with Crippen LogP contribution in [-0.4, -0.2) is 27.2 Å². The molecular formula is C24H24ClFN2O4S. The van der Waals surface area contributed by atoms with Crippen molar-refractivity contribution in [2.45, 2.75) is 20.0 Å². The van der Waals surface area contributed by atoms with Crippen LogP contribution in [0.5, 0.6) is 5.75 Å². The maximum Gasteiger partial charge on any atom is 0.251 e. The monoisotopic (exact) mass is 490 g/mol. The SMILES string of the molecule is CCOc1ccc(C(=O)NCc2ccccc2Cl)cc1CN(c1ccc(F)cc1)S(C)(=O)=O. The van der Waals surface area contributed by atoms with Gasteiger partial charge in [0, 0.05) is 22.7 Å². The van der Waals surface area contributed by atoms with E-state index >= 15 is 0 Å². The van der Waals surface area contributed by atoms with Gasteiger partial charge in [-0.1, -0.05) is 29.8 Å². The van der Waals surface area contributed by atoms with E-state index in [0.717, 1.165) is 16.1 Å². The lowest BCUT2D eigenvalue weighted by Crippen LogP contribution is -2.30. The summed E-state index contributed by atoms with van der Waals surface area (Å²) in [6, 6.07) is 17.2. The lowest BCUT2D eigenvalue weighted by Gasteiger charge is -2.24. The van der Waals surface area contributed by atoms with E-state index in [1.807, 2.05) is 19.1 Å². The molecule has 174 valence electrons. The summed E-state index contributed by atoms with van der Waals surface area (Å²) < 4.78 is 45.1. The number of anilines is 1. The number of amides is 1. The van der Waals surface area contributed by atoms with Crippen molar-refractivity contribution in [3.05, 3.63) is 94.3 Å². The fraction of sp³-hybridized carbons (Fsp3) is 0.208. The fourth-order valence-electron chi connectivity index (χ4n) is 3.22. The highest BCUT2D eigenvalue weighted by Gasteiger charge is 2.21. The van der Waals surface area contributed by atoms with Gasteiger partial charge in [-0.2, -0.15) is 0 Å². The Morgan fingerprint density at radius 3 is 2.39 bits per heavy atom. The smallest absolute Gasteiger partial charge is 0.251 e. The minimum absolute atomic E-state index is 0.0918. The molecule has 0 spiro atoms. The first-order valence-electron chi connectivity index (χ1n) is 10.2. The zero-order valence-corrected chi connectivity index (χ0v) is 19.8. The molecule has 0 aliphatic heterocycles. The molecule has 33 heavy (non-hydrogen) atoms. The maximum atomic E-state index is 13.4.